The lowest BCUT2D eigenvalue weighted by Crippen LogP contribution is -2.37. The number of nitrogens with zero attached hydrogens (tertiary/aromatic N) is 3. The fraction of sp³-hybridized carbons (Fsp3) is 0.412. The normalized spacial score (nSPS) is 11.7. The highest BCUT2D eigenvalue weighted by Crippen LogP contribution is 2.25. The molecular formula is C17H23F3IN5O. The summed E-state index contributed by atoms with van der Waals surface area (Å²) in [7, 11) is 1.60. The van der Waals surface area contributed by atoms with Crippen LogP contribution < -0.4 is 15.4 Å². The van der Waals surface area contributed by atoms with Crippen molar-refractivity contribution in [2.24, 2.45) is 4.99 Å². The van der Waals surface area contributed by atoms with Gasteiger partial charge in [-0.1, -0.05) is 18.2 Å². The number of alkyl halides is 3. The molecule has 0 aliphatic heterocycles. The second-order valence-corrected chi connectivity index (χ2v) is 5.64. The molecule has 1 aromatic carbocycles. The van der Waals surface area contributed by atoms with Gasteiger partial charge in [-0.2, -0.15) is 5.10 Å². The molecule has 0 radical (unpaired) electrons. The summed E-state index contributed by atoms with van der Waals surface area (Å²) in [6.45, 7) is 3.55. The minimum Gasteiger partial charge on any atom is -0.405 e. The monoisotopic (exact) mass is 497 g/mol. The number of aliphatic imine (C=N–C) groups is 1. The van der Waals surface area contributed by atoms with E-state index in [-0.39, 0.29) is 36.3 Å². The number of aryl methyl sites for hydroxylation is 2. The minimum atomic E-state index is -4.72. The van der Waals surface area contributed by atoms with Crippen molar-refractivity contribution in [2.75, 3.05) is 13.6 Å². The summed E-state index contributed by atoms with van der Waals surface area (Å²) in [5.41, 5.74) is 1.50. The molecule has 2 aromatic rings. The Morgan fingerprint density at radius 2 is 2.00 bits per heavy atom. The summed E-state index contributed by atoms with van der Waals surface area (Å²) in [5.74, 6) is 0.278. The smallest absolute Gasteiger partial charge is 0.405 e. The third-order valence-corrected chi connectivity index (χ3v) is 3.49. The van der Waals surface area contributed by atoms with Crippen LogP contribution in [0.25, 0.3) is 0 Å². The lowest BCUT2D eigenvalue weighted by Gasteiger charge is -2.15. The maximum absolute atomic E-state index is 12.4. The van der Waals surface area contributed by atoms with E-state index in [9.17, 15) is 13.2 Å². The molecule has 0 atom stereocenters. The average Bonchev–Trinajstić information content (AvgIpc) is 2.99. The first-order chi connectivity index (χ1) is 12.4. The largest absolute Gasteiger partial charge is 0.573 e. The van der Waals surface area contributed by atoms with Crippen molar-refractivity contribution in [1.29, 1.82) is 0 Å². The van der Waals surface area contributed by atoms with Crippen LogP contribution in [0.15, 0.2) is 41.7 Å². The predicted molar refractivity (Wildman–Crippen MR) is 108 cm³/mol. The van der Waals surface area contributed by atoms with Crippen molar-refractivity contribution in [2.45, 2.75) is 32.8 Å². The molecule has 0 saturated heterocycles. The van der Waals surface area contributed by atoms with Crippen molar-refractivity contribution in [3.05, 3.63) is 47.8 Å². The highest BCUT2D eigenvalue weighted by Gasteiger charge is 2.31. The number of halogens is 4. The van der Waals surface area contributed by atoms with Crippen LogP contribution in [0.3, 0.4) is 0 Å². The summed E-state index contributed by atoms with van der Waals surface area (Å²) in [6.07, 6.45) is -0.129. The van der Waals surface area contributed by atoms with Gasteiger partial charge in [0.25, 0.3) is 0 Å². The summed E-state index contributed by atoms with van der Waals surface area (Å²) in [6, 6.07) is 6.01. The number of aromatic nitrogens is 2. The van der Waals surface area contributed by atoms with Crippen LogP contribution in [0.1, 0.15) is 17.5 Å². The molecule has 2 N–H and O–H groups in total. The Balaban J connectivity index is 0.00000364. The molecule has 0 fully saturated rings. The molecule has 2 rings (SSSR count). The van der Waals surface area contributed by atoms with E-state index in [1.54, 1.807) is 25.4 Å². The first-order valence-corrected chi connectivity index (χ1v) is 8.14. The molecule has 0 aliphatic carbocycles. The lowest BCUT2D eigenvalue weighted by atomic mass is 10.2. The number of benzene rings is 1. The molecule has 6 nitrogen and oxygen atoms in total. The van der Waals surface area contributed by atoms with Gasteiger partial charge in [0.05, 0.1) is 6.20 Å². The average molecular weight is 497 g/mol. The van der Waals surface area contributed by atoms with Gasteiger partial charge >= 0.3 is 6.36 Å². The minimum absolute atomic E-state index is 0. The summed E-state index contributed by atoms with van der Waals surface area (Å²) in [4.78, 5) is 4.06. The zero-order chi connectivity index (χ0) is 19.0. The molecule has 0 amide bonds. The van der Waals surface area contributed by atoms with Crippen LogP contribution in [0.5, 0.6) is 5.75 Å². The number of hydrogen-bond donors (Lipinski definition) is 2. The van der Waals surface area contributed by atoms with E-state index in [0.29, 0.717) is 18.1 Å². The van der Waals surface area contributed by atoms with Crippen molar-refractivity contribution in [3.8, 4) is 5.75 Å². The number of rotatable bonds is 7. The van der Waals surface area contributed by atoms with E-state index in [1.807, 2.05) is 17.8 Å². The van der Waals surface area contributed by atoms with Gasteiger partial charge < -0.3 is 15.4 Å². The Kier molecular flexibility index (Phi) is 9.39. The summed E-state index contributed by atoms with van der Waals surface area (Å²) in [5, 5.41) is 10.3. The standard InChI is InChI=1S/C17H22F3N5O.HI/c1-13-10-24-25(12-13)9-5-8-22-16(21-2)23-11-14-6-3-4-7-15(14)26-17(18,19)20;/h3-4,6-7,10,12H,5,8-9,11H2,1-2H3,(H2,21,22,23);1H. The van der Waals surface area contributed by atoms with E-state index in [0.717, 1.165) is 18.5 Å². The second kappa shape index (κ2) is 11.0. The second-order valence-electron chi connectivity index (χ2n) is 5.64. The highest BCUT2D eigenvalue weighted by molar-refractivity contribution is 14.0. The predicted octanol–water partition coefficient (Wildman–Crippen LogP) is 3.46. The molecule has 0 saturated carbocycles. The first kappa shape index (κ1) is 23.1. The van der Waals surface area contributed by atoms with Gasteiger partial charge in [-0.15, -0.1) is 37.1 Å². The van der Waals surface area contributed by atoms with Gasteiger partial charge in [0, 0.05) is 38.4 Å². The molecule has 0 spiro atoms. The van der Waals surface area contributed by atoms with Gasteiger partial charge in [0.1, 0.15) is 5.75 Å². The highest BCUT2D eigenvalue weighted by atomic mass is 127. The van der Waals surface area contributed by atoms with Gasteiger partial charge in [-0.3, -0.25) is 9.67 Å². The van der Waals surface area contributed by atoms with Crippen molar-refractivity contribution in [3.63, 3.8) is 0 Å². The Morgan fingerprint density at radius 3 is 2.63 bits per heavy atom. The zero-order valence-electron chi connectivity index (χ0n) is 15.1. The molecular weight excluding hydrogens is 474 g/mol. The van der Waals surface area contributed by atoms with E-state index in [4.69, 9.17) is 0 Å². The van der Waals surface area contributed by atoms with Crippen LogP contribution in [-0.4, -0.2) is 35.7 Å². The van der Waals surface area contributed by atoms with Crippen LogP contribution in [0.4, 0.5) is 13.2 Å². The number of guanidine groups is 1. The van der Waals surface area contributed by atoms with Crippen LogP contribution in [0, 0.1) is 6.92 Å². The number of hydrogen-bond acceptors (Lipinski definition) is 3. The molecule has 1 aromatic heterocycles. The molecule has 1 heterocycles. The van der Waals surface area contributed by atoms with Crippen molar-refractivity contribution in [1.82, 2.24) is 20.4 Å². The summed E-state index contributed by atoms with van der Waals surface area (Å²) < 4.78 is 43.2. The molecule has 10 heteroatoms. The fourth-order valence-corrected chi connectivity index (χ4v) is 2.31. The lowest BCUT2D eigenvalue weighted by molar-refractivity contribution is -0.274. The Labute approximate surface area is 173 Å². The van der Waals surface area contributed by atoms with Crippen molar-refractivity contribution < 1.29 is 17.9 Å². The Bertz CT molecular complexity index is 733. The van der Waals surface area contributed by atoms with Gasteiger partial charge in [-0.25, -0.2) is 0 Å². The molecule has 150 valence electrons. The molecule has 0 bridgehead atoms. The van der Waals surface area contributed by atoms with Gasteiger partial charge in [-0.05, 0) is 25.0 Å². The van der Waals surface area contributed by atoms with Gasteiger partial charge in [0.2, 0.25) is 0 Å². The Morgan fingerprint density at radius 1 is 1.26 bits per heavy atom. The number of nitrogens with one attached hydrogen (secondary N) is 2. The van der Waals surface area contributed by atoms with E-state index >= 15 is 0 Å². The Hall–Kier alpha value is -1.98. The molecule has 0 unspecified atom stereocenters. The summed E-state index contributed by atoms with van der Waals surface area (Å²) >= 11 is 0. The van der Waals surface area contributed by atoms with Crippen LogP contribution in [-0.2, 0) is 13.1 Å². The fourth-order valence-electron chi connectivity index (χ4n) is 2.31. The van der Waals surface area contributed by atoms with Crippen molar-refractivity contribution >= 4 is 29.9 Å². The van der Waals surface area contributed by atoms with E-state index in [1.165, 1.54) is 12.1 Å². The van der Waals surface area contributed by atoms with E-state index < -0.39 is 6.36 Å². The van der Waals surface area contributed by atoms with E-state index in [2.05, 4.69) is 25.5 Å². The van der Waals surface area contributed by atoms with Crippen LogP contribution in [0.2, 0.25) is 0 Å². The van der Waals surface area contributed by atoms with Gasteiger partial charge in [0.15, 0.2) is 5.96 Å². The quantitative estimate of drug-likeness (QED) is 0.266. The third-order valence-electron chi connectivity index (χ3n) is 3.49. The maximum atomic E-state index is 12.4. The SMILES string of the molecule is CN=C(NCCCn1cc(C)cn1)NCc1ccccc1OC(F)(F)F.I. The van der Waals surface area contributed by atoms with Crippen LogP contribution >= 0.6 is 24.0 Å². The maximum Gasteiger partial charge on any atom is 0.573 e. The number of ether oxygens (including phenoxy) is 1. The molecule has 0 aliphatic rings. The topological polar surface area (TPSA) is 63.5 Å². The zero-order valence-corrected chi connectivity index (χ0v) is 17.4. The number of para-hydroxylation sites is 1. The third kappa shape index (κ3) is 8.50. The first-order valence-electron chi connectivity index (χ1n) is 8.14. The molecule has 27 heavy (non-hydrogen) atoms.